The number of benzene rings is 1. The molecule has 0 aromatic heterocycles. The van der Waals surface area contributed by atoms with Gasteiger partial charge in [-0.05, 0) is 23.4 Å². The number of hydroxylamine groups is 2. The molecule has 0 radical (unpaired) electrons. The summed E-state index contributed by atoms with van der Waals surface area (Å²) in [4.78, 5) is 22.5. The molecule has 0 spiro atoms. The van der Waals surface area contributed by atoms with Crippen molar-refractivity contribution in [1.82, 2.24) is 5.06 Å². The van der Waals surface area contributed by atoms with Gasteiger partial charge >= 0.3 is 5.24 Å². The lowest BCUT2D eigenvalue weighted by atomic mass is 10.2. The van der Waals surface area contributed by atoms with E-state index in [9.17, 15) is 9.59 Å². The van der Waals surface area contributed by atoms with Crippen LogP contribution in [0.2, 0.25) is 0 Å². The van der Waals surface area contributed by atoms with Crippen LogP contribution in [0.1, 0.15) is 5.56 Å². The molecule has 0 aliphatic carbocycles. The lowest BCUT2D eigenvalue weighted by molar-refractivity contribution is -0.144. The molecule has 1 aliphatic rings. The van der Waals surface area contributed by atoms with Gasteiger partial charge in [-0.3, -0.25) is 14.8 Å². The van der Waals surface area contributed by atoms with Crippen LogP contribution in [0.3, 0.4) is 0 Å². The predicted molar refractivity (Wildman–Crippen MR) is 56.0 cm³/mol. The average Bonchev–Trinajstić information content (AvgIpc) is 2.48. The molecular formula is C10H7NO3S. The molecule has 15 heavy (non-hydrogen) atoms. The zero-order valence-corrected chi connectivity index (χ0v) is 8.40. The number of carbonyl (C=O) groups is 2. The van der Waals surface area contributed by atoms with Crippen LogP contribution in [-0.2, 0) is 4.79 Å². The number of thioether (sulfide) groups is 1. The fourth-order valence-electron chi connectivity index (χ4n) is 1.16. The maximum atomic E-state index is 11.3. The lowest BCUT2D eigenvalue weighted by Gasteiger charge is -1.98. The number of hydrogen-bond donors (Lipinski definition) is 1. The molecule has 0 saturated carbocycles. The van der Waals surface area contributed by atoms with Gasteiger partial charge in [-0.1, -0.05) is 30.3 Å². The fraction of sp³-hybridized carbons (Fsp3) is 0. The van der Waals surface area contributed by atoms with Gasteiger partial charge in [0.15, 0.2) is 0 Å². The van der Waals surface area contributed by atoms with E-state index >= 15 is 0 Å². The van der Waals surface area contributed by atoms with Crippen LogP contribution in [0.25, 0.3) is 6.08 Å². The summed E-state index contributed by atoms with van der Waals surface area (Å²) >= 11 is 0.725. The van der Waals surface area contributed by atoms with Crippen molar-refractivity contribution < 1.29 is 14.8 Å². The van der Waals surface area contributed by atoms with E-state index in [0.29, 0.717) is 0 Å². The Morgan fingerprint density at radius 3 is 2.40 bits per heavy atom. The second-order valence-electron chi connectivity index (χ2n) is 2.90. The summed E-state index contributed by atoms with van der Waals surface area (Å²) in [7, 11) is 0. The first-order chi connectivity index (χ1) is 7.18. The van der Waals surface area contributed by atoms with Crippen LogP contribution < -0.4 is 0 Å². The minimum atomic E-state index is -0.672. The largest absolute Gasteiger partial charge is 0.317 e. The molecule has 4 nitrogen and oxygen atoms in total. The number of rotatable bonds is 1. The van der Waals surface area contributed by atoms with Gasteiger partial charge in [-0.25, -0.2) is 0 Å². The third-order valence-corrected chi connectivity index (χ3v) is 2.73. The van der Waals surface area contributed by atoms with Gasteiger partial charge in [0, 0.05) is 0 Å². The number of carbonyl (C=O) groups excluding carboxylic acids is 2. The minimum Gasteiger partial charge on any atom is -0.278 e. The summed E-state index contributed by atoms with van der Waals surface area (Å²) in [5.74, 6) is -0.672. The molecule has 5 heteroatoms. The highest BCUT2D eigenvalue weighted by molar-refractivity contribution is 8.18. The average molecular weight is 221 g/mol. The predicted octanol–water partition coefficient (Wildman–Crippen LogP) is 2.11. The van der Waals surface area contributed by atoms with E-state index in [1.807, 2.05) is 30.3 Å². The summed E-state index contributed by atoms with van der Waals surface area (Å²) in [6, 6.07) is 9.13. The Bertz CT molecular complexity index is 441. The van der Waals surface area contributed by atoms with Crippen molar-refractivity contribution in [2.45, 2.75) is 0 Å². The zero-order chi connectivity index (χ0) is 10.8. The van der Waals surface area contributed by atoms with Crippen molar-refractivity contribution in [2.24, 2.45) is 0 Å². The van der Waals surface area contributed by atoms with Crippen molar-refractivity contribution >= 4 is 29.0 Å². The Balaban J connectivity index is 2.30. The summed E-state index contributed by atoms with van der Waals surface area (Å²) in [6.45, 7) is 0. The molecule has 1 aromatic rings. The maximum absolute atomic E-state index is 11.3. The van der Waals surface area contributed by atoms with Crippen molar-refractivity contribution in [2.75, 3.05) is 0 Å². The van der Waals surface area contributed by atoms with E-state index in [2.05, 4.69) is 0 Å². The first kappa shape index (κ1) is 9.95. The number of imide groups is 1. The molecule has 76 valence electrons. The first-order valence-electron chi connectivity index (χ1n) is 4.20. The second-order valence-corrected chi connectivity index (χ2v) is 3.90. The number of nitrogens with zero attached hydrogens (tertiary/aromatic N) is 1. The molecule has 1 fully saturated rings. The van der Waals surface area contributed by atoms with Crippen LogP contribution in [0.5, 0.6) is 0 Å². The molecule has 2 amide bonds. The van der Waals surface area contributed by atoms with Gasteiger partial charge in [0.1, 0.15) is 0 Å². The van der Waals surface area contributed by atoms with Crippen LogP contribution >= 0.6 is 11.8 Å². The Morgan fingerprint density at radius 2 is 1.87 bits per heavy atom. The topological polar surface area (TPSA) is 57.6 Å². The molecular weight excluding hydrogens is 214 g/mol. The van der Waals surface area contributed by atoms with Crippen molar-refractivity contribution in [3.05, 3.63) is 40.8 Å². The van der Waals surface area contributed by atoms with Crippen LogP contribution in [0.15, 0.2) is 35.2 Å². The third-order valence-electron chi connectivity index (χ3n) is 1.87. The SMILES string of the molecule is O=C1SC(=Cc2ccccc2)C(=O)N1O. The molecule has 1 aromatic carbocycles. The molecule has 0 bridgehead atoms. The van der Waals surface area contributed by atoms with Crippen molar-refractivity contribution in [1.29, 1.82) is 0 Å². The van der Waals surface area contributed by atoms with Gasteiger partial charge in [-0.15, -0.1) is 5.06 Å². The van der Waals surface area contributed by atoms with E-state index in [1.54, 1.807) is 6.08 Å². The normalized spacial score (nSPS) is 19.0. The van der Waals surface area contributed by atoms with Crippen molar-refractivity contribution in [3.8, 4) is 0 Å². The standard InChI is InChI=1S/C10H7NO3S/c12-9-8(15-10(13)11(9)14)6-7-4-2-1-3-5-7/h1-6,14H. The highest BCUT2D eigenvalue weighted by Crippen LogP contribution is 2.30. The molecule has 1 saturated heterocycles. The monoisotopic (exact) mass is 221 g/mol. The highest BCUT2D eigenvalue weighted by Gasteiger charge is 2.34. The molecule has 1 aliphatic heterocycles. The smallest absolute Gasteiger partial charge is 0.278 e. The van der Waals surface area contributed by atoms with Crippen molar-refractivity contribution in [3.63, 3.8) is 0 Å². The summed E-state index contributed by atoms with van der Waals surface area (Å²) in [5.41, 5.74) is 0.816. The zero-order valence-electron chi connectivity index (χ0n) is 7.58. The maximum Gasteiger partial charge on any atom is 0.317 e. The lowest BCUT2D eigenvalue weighted by Crippen LogP contribution is -2.23. The summed E-state index contributed by atoms with van der Waals surface area (Å²) in [5, 5.41) is 8.45. The Kier molecular flexibility index (Phi) is 2.57. The van der Waals surface area contributed by atoms with E-state index in [0.717, 1.165) is 17.3 Å². The number of amides is 2. The van der Waals surface area contributed by atoms with E-state index in [4.69, 9.17) is 5.21 Å². The second kappa shape index (κ2) is 3.88. The van der Waals surface area contributed by atoms with E-state index < -0.39 is 11.1 Å². The molecule has 0 unspecified atom stereocenters. The Labute approximate surface area is 90.1 Å². The molecule has 1 N–H and O–H groups in total. The Morgan fingerprint density at radius 1 is 1.20 bits per heavy atom. The van der Waals surface area contributed by atoms with Gasteiger partial charge in [0.25, 0.3) is 5.91 Å². The van der Waals surface area contributed by atoms with Crippen LogP contribution in [-0.4, -0.2) is 21.4 Å². The third kappa shape index (κ3) is 1.93. The van der Waals surface area contributed by atoms with E-state index in [1.165, 1.54) is 0 Å². The van der Waals surface area contributed by atoms with Gasteiger partial charge in [0.05, 0.1) is 4.91 Å². The van der Waals surface area contributed by atoms with Crippen LogP contribution in [0.4, 0.5) is 4.79 Å². The van der Waals surface area contributed by atoms with Crippen LogP contribution in [0, 0.1) is 0 Å². The minimum absolute atomic E-state index is 0.124. The van der Waals surface area contributed by atoms with E-state index in [-0.39, 0.29) is 9.97 Å². The van der Waals surface area contributed by atoms with Gasteiger partial charge in [0.2, 0.25) is 0 Å². The van der Waals surface area contributed by atoms with Gasteiger partial charge < -0.3 is 0 Å². The first-order valence-corrected chi connectivity index (χ1v) is 5.02. The quantitative estimate of drug-likeness (QED) is 0.583. The molecule has 2 rings (SSSR count). The molecule has 0 atom stereocenters. The number of hydrogen-bond acceptors (Lipinski definition) is 4. The highest BCUT2D eigenvalue weighted by atomic mass is 32.2. The summed E-state index contributed by atoms with van der Waals surface area (Å²) in [6.07, 6.45) is 1.57. The Hall–Kier alpha value is -1.59. The fourth-order valence-corrected chi connectivity index (χ4v) is 1.89. The molecule has 1 heterocycles. The van der Waals surface area contributed by atoms with Gasteiger partial charge in [-0.2, -0.15) is 0 Å². The summed E-state index contributed by atoms with van der Waals surface area (Å²) < 4.78 is 0.